The molecule has 0 bridgehead atoms. The van der Waals surface area contributed by atoms with E-state index in [1.54, 1.807) is 25.3 Å². The molecular weight excluding hydrogens is 356 g/mol. The predicted molar refractivity (Wildman–Crippen MR) is 106 cm³/mol. The van der Waals surface area contributed by atoms with Crippen LogP contribution < -0.4 is 16.0 Å². The Morgan fingerprint density at radius 1 is 1.32 bits per heavy atom. The first-order valence-electron chi connectivity index (χ1n) is 9.40. The maximum absolute atomic E-state index is 12.4. The Hall–Kier alpha value is -2.93. The van der Waals surface area contributed by atoms with Gasteiger partial charge in [0.1, 0.15) is 5.69 Å². The van der Waals surface area contributed by atoms with Crippen LogP contribution in [0.15, 0.2) is 36.4 Å². The quantitative estimate of drug-likeness (QED) is 0.839. The number of nitrogens with zero attached hydrogens (tertiary/aromatic N) is 2. The average Bonchev–Trinajstić information content (AvgIpc) is 2.74. The van der Waals surface area contributed by atoms with E-state index in [1.807, 2.05) is 6.07 Å². The molecule has 4 rings (SSSR count). The van der Waals surface area contributed by atoms with Gasteiger partial charge in [0.05, 0.1) is 36.1 Å². The number of pyridine rings is 1. The summed E-state index contributed by atoms with van der Waals surface area (Å²) in [4.78, 5) is 30.0. The van der Waals surface area contributed by atoms with Gasteiger partial charge in [-0.2, -0.15) is 0 Å². The number of nitrogens with two attached hydrogens (primary N) is 1. The summed E-state index contributed by atoms with van der Waals surface area (Å²) in [6.45, 7) is 4.95. The fourth-order valence-electron chi connectivity index (χ4n) is 3.97. The Bertz CT molecular complexity index is 910. The summed E-state index contributed by atoms with van der Waals surface area (Å²) >= 11 is 0. The van der Waals surface area contributed by atoms with E-state index in [2.05, 4.69) is 33.4 Å². The van der Waals surface area contributed by atoms with Crippen molar-refractivity contribution in [3.05, 3.63) is 53.3 Å². The van der Waals surface area contributed by atoms with Gasteiger partial charge in [-0.05, 0) is 43.2 Å². The van der Waals surface area contributed by atoms with Crippen LogP contribution in [0.5, 0.6) is 0 Å². The van der Waals surface area contributed by atoms with Gasteiger partial charge in [-0.15, -0.1) is 0 Å². The molecule has 2 atom stereocenters. The Labute approximate surface area is 163 Å². The summed E-state index contributed by atoms with van der Waals surface area (Å²) in [5, 5.41) is 3.46. The molecule has 3 N–H and O–H groups in total. The highest BCUT2D eigenvalue weighted by Gasteiger charge is 2.43. The first kappa shape index (κ1) is 18.4. The largest absolute Gasteiger partial charge is 0.378 e. The second-order valence-electron chi connectivity index (χ2n) is 7.49. The molecule has 2 aliphatic heterocycles. The van der Waals surface area contributed by atoms with Crippen molar-refractivity contribution < 1.29 is 14.3 Å². The maximum atomic E-state index is 12.4. The number of ether oxygens (including phenoxy) is 1. The minimum Gasteiger partial charge on any atom is -0.378 e. The van der Waals surface area contributed by atoms with Gasteiger partial charge in [0.2, 0.25) is 5.91 Å². The maximum Gasteiger partial charge on any atom is 0.253 e. The van der Waals surface area contributed by atoms with Crippen LogP contribution in [0.2, 0.25) is 0 Å². The molecular formula is C21H23N4O3. The highest BCUT2D eigenvalue weighted by atomic mass is 16.5. The van der Waals surface area contributed by atoms with E-state index in [0.717, 1.165) is 37.6 Å². The fraction of sp³-hybridized carbons (Fsp3) is 0.381. The lowest BCUT2D eigenvalue weighted by Gasteiger charge is -2.38. The molecule has 2 unspecified atom stereocenters. The lowest BCUT2D eigenvalue weighted by atomic mass is 9.74. The van der Waals surface area contributed by atoms with Crippen LogP contribution in [0.25, 0.3) is 0 Å². The molecule has 2 aliphatic rings. The van der Waals surface area contributed by atoms with Gasteiger partial charge in [0, 0.05) is 18.8 Å². The molecule has 2 aromatic rings. The van der Waals surface area contributed by atoms with Crippen LogP contribution >= 0.6 is 0 Å². The van der Waals surface area contributed by atoms with Crippen LogP contribution in [0, 0.1) is 0 Å². The highest BCUT2D eigenvalue weighted by Crippen LogP contribution is 2.43. The lowest BCUT2D eigenvalue weighted by molar-refractivity contribution is -0.123. The van der Waals surface area contributed by atoms with Gasteiger partial charge in [0.15, 0.2) is 0 Å². The van der Waals surface area contributed by atoms with Crippen molar-refractivity contribution in [1.29, 1.82) is 0 Å². The number of hydrogen-bond acceptors (Lipinski definition) is 6. The van der Waals surface area contributed by atoms with Crippen molar-refractivity contribution >= 4 is 23.6 Å². The van der Waals surface area contributed by atoms with Crippen molar-refractivity contribution in [3.8, 4) is 0 Å². The zero-order valence-corrected chi connectivity index (χ0v) is 15.8. The Balaban J connectivity index is 1.70. The van der Waals surface area contributed by atoms with E-state index in [1.165, 1.54) is 0 Å². The Morgan fingerprint density at radius 3 is 2.82 bits per heavy atom. The summed E-state index contributed by atoms with van der Waals surface area (Å²) in [5.74, 6) is -0.458. The van der Waals surface area contributed by atoms with E-state index in [4.69, 9.17) is 10.5 Å². The Kier molecular flexibility index (Phi) is 4.77. The van der Waals surface area contributed by atoms with Gasteiger partial charge in [0.25, 0.3) is 6.29 Å². The van der Waals surface area contributed by atoms with E-state index in [9.17, 15) is 9.59 Å². The first-order valence-corrected chi connectivity index (χ1v) is 9.40. The normalized spacial score (nSPS) is 24.2. The third-order valence-corrected chi connectivity index (χ3v) is 5.66. The SMILES string of the molecule is CC1(C(N)=O)CC(c2cccc(N3CCOCC3)c2)Nc2ccc([C]=O)nc21. The number of hydrogen-bond donors (Lipinski definition) is 2. The number of benzene rings is 1. The topological polar surface area (TPSA) is 97.5 Å². The highest BCUT2D eigenvalue weighted by molar-refractivity contribution is 5.89. The zero-order chi connectivity index (χ0) is 19.7. The Morgan fingerprint density at radius 2 is 2.11 bits per heavy atom. The van der Waals surface area contributed by atoms with Crippen LogP contribution in [-0.2, 0) is 19.7 Å². The molecule has 1 aromatic carbocycles. The molecule has 1 aromatic heterocycles. The number of amides is 1. The van der Waals surface area contributed by atoms with E-state index in [-0.39, 0.29) is 11.7 Å². The molecule has 28 heavy (non-hydrogen) atoms. The second kappa shape index (κ2) is 7.24. The molecule has 1 fully saturated rings. The van der Waals surface area contributed by atoms with Gasteiger partial charge in [-0.25, -0.2) is 4.98 Å². The average molecular weight is 379 g/mol. The molecule has 0 saturated carbocycles. The van der Waals surface area contributed by atoms with E-state index < -0.39 is 11.3 Å². The monoisotopic (exact) mass is 379 g/mol. The molecule has 0 spiro atoms. The number of anilines is 2. The number of fused-ring (bicyclic) bond motifs is 1. The minimum absolute atomic E-state index is 0.0983. The number of morpholine rings is 1. The molecule has 0 aliphatic carbocycles. The molecule has 3 heterocycles. The standard InChI is InChI=1S/C21H23N4O3/c1-21(20(22)27)12-18(24-17-6-5-15(13-26)23-19(17)21)14-3-2-4-16(11-14)25-7-9-28-10-8-25/h2-6,11,18,24H,7-10,12H2,1H3,(H2,22,27). The van der Waals surface area contributed by atoms with Crippen LogP contribution in [-0.4, -0.2) is 43.5 Å². The molecule has 7 nitrogen and oxygen atoms in total. The van der Waals surface area contributed by atoms with Crippen molar-refractivity contribution in [3.63, 3.8) is 0 Å². The van der Waals surface area contributed by atoms with Crippen molar-refractivity contribution in [2.75, 3.05) is 36.5 Å². The summed E-state index contributed by atoms with van der Waals surface area (Å²) in [7, 11) is 0. The predicted octanol–water partition coefficient (Wildman–Crippen LogP) is 1.68. The number of carbonyl (C=O) groups excluding carboxylic acids is 2. The van der Waals surface area contributed by atoms with Gasteiger partial charge < -0.3 is 20.7 Å². The molecule has 1 radical (unpaired) electrons. The smallest absolute Gasteiger partial charge is 0.253 e. The van der Waals surface area contributed by atoms with Gasteiger partial charge in [-0.1, -0.05) is 12.1 Å². The number of rotatable bonds is 4. The summed E-state index contributed by atoms with van der Waals surface area (Å²) < 4.78 is 5.44. The van der Waals surface area contributed by atoms with Gasteiger partial charge in [-0.3, -0.25) is 9.59 Å². The van der Waals surface area contributed by atoms with E-state index in [0.29, 0.717) is 17.8 Å². The number of primary amides is 1. The summed E-state index contributed by atoms with van der Waals surface area (Å²) in [6.07, 6.45) is 2.24. The lowest BCUT2D eigenvalue weighted by Crippen LogP contribution is -2.45. The number of aromatic nitrogens is 1. The number of nitrogens with one attached hydrogen (secondary N) is 1. The molecule has 1 saturated heterocycles. The van der Waals surface area contributed by atoms with Crippen LogP contribution in [0.1, 0.15) is 36.3 Å². The summed E-state index contributed by atoms with van der Waals surface area (Å²) in [5.41, 5.74) is 8.39. The molecule has 145 valence electrons. The zero-order valence-electron chi connectivity index (χ0n) is 15.8. The summed E-state index contributed by atoms with van der Waals surface area (Å²) in [6, 6.07) is 11.6. The third-order valence-electron chi connectivity index (χ3n) is 5.66. The van der Waals surface area contributed by atoms with Gasteiger partial charge >= 0.3 is 0 Å². The minimum atomic E-state index is -0.979. The second-order valence-corrected chi connectivity index (χ2v) is 7.49. The molecule has 7 heteroatoms. The first-order chi connectivity index (χ1) is 13.5. The fourth-order valence-corrected chi connectivity index (χ4v) is 3.97. The van der Waals surface area contributed by atoms with E-state index >= 15 is 0 Å². The van der Waals surface area contributed by atoms with Crippen LogP contribution in [0.4, 0.5) is 11.4 Å². The van der Waals surface area contributed by atoms with Crippen molar-refractivity contribution in [2.45, 2.75) is 24.8 Å². The molecule has 1 amide bonds. The van der Waals surface area contributed by atoms with Crippen molar-refractivity contribution in [2.24, 2.45) is 5.73 Å². The number of carbonyl (C=O) groups is 1. The van der Waals surface area contributed by atoms with Crippen molar-refractivity contribution in [1.82, 2.24) is 4.98 Å². The third kappa shape index (κ3) is 3.22. The van der Waals surface area contributed by atoms with Crippen LogP contribution in [0.3, 0.4) is 0 Å².